The molecule has 2 aromatic carbocycles. The highest BCUT2D eigenvalue weighted by Gasteiger charge is 2.47. The van der Waals surface area contributed by atoms with Gasteiger partial charge >= 0.3 is 6.09 Å². The third-order valence-corrected chi connectivity index (χ3v) is 10.1. The highest BCUT2D eigenvalue weighted by Crippen LogP contribution is 2.50. The maximum atomic E-state index is 14.9. The molecule has 0 N–H and O–H groups in total. The van der Waals surface area contributed by atoms with Gasteiger partial charge in [-0.05, 0) is 52.9 Å². The Morgan fingerprint density at radius 2 is 1.76 bits per heavy atom. The zero-order valence-corrected chi connectivity index (χ0v) is 25.3. The third kappa shape index (κ3) is 4.46. The van der Waals surface area contributed by atoms with Gasteiger partial charge in [-0.25, -0.2) is 9.18 Å². The average Bonchev–Trinajstić information content (AvgIpc) is 3.51. The number of piperazine rings is 1. The number of aromatic nitrogens is 1. The Balaban J connectivity index is 1.34. The summed E-state index contributed by atoms with van der Waals surface area (Å²) in [6.07, 6.45) is 0.332. The van der Waals surface area contributed by atoms with E-state index in [0.29, 0.717) is 32.8 Å². The fourth-order valence-electron chi connectivity index (χ4n) is 6.88. The average molecular weight is 628 g/mol. The summed E-state index contributed by atoms with van der Waals surface area (Å²) >= 11 is 1.59. The Morgan fingerprint density at radius 3 is 2.60 bits per heavy atom. The number of benzene rings is 2. The lowest BCUT2D eigenvalue weighted by atomic mass is 9.92. The number of halogens is 1. The lowest BCUT2D eigenvalue weighted by Crippen LogP contribution is -2.66. The van der Waals surface area contributed by atoms with Crippen molar-refractivity contribution in [2.24, 2.45) is 0 Å². The molecule has 2 saturated heterocycles. The smallest absolute Gasteiger partial charge is 0.403 e. The van der Waals surface area contributed by atoms with Gasteiger partial charge in [0.1, 0.15) is 12.0 Å². The van der Waals surface area contributed by atoms with E-state index >= 15 is 0 Å². The van der Waals surface area contributed by atoms with Crippen LogP contribution in [0, 0.1) is 5.82 Å². The number of ether oxygens (including phenoxy) is 2. The number of carbonyl (C=O) groups excluding carboxylic acids is 2. The van der Waals surface area contributed by atoms with Gasteiger partial charge < -0.3 is 24.2 Å². The van der Waals surface area contributed by atoms with Gasteiger partial charge in [0, 0.05) is 55.4 Å². The number of hydrogen-bond donors (Lipinski definition) is 0. The van der Waals surface area contributed by atoms with Crippen LogP contribution in [-0.2, 0) is 4.74 Å². The minimum atomic E-state index is -0.664. The molecule has 0 bridgehead atoms. The number of rotatable bonds is 2. The van der Waals surface area contributed by atoms with E-state index in [0.717, 1.165) is 32.7 Å². The number of fused-ring (bicyclic) bond motifs is 7. The molecule has 2 fully saturated rings. The van der Waals surface area contributed by atoms with Crippen molar-refractivity contribution in [3.63, 3.8) is 0 Å². The van der Waals surface area contributed by atoms with Gasteiger partial charge in [-0.3, -0.25) is 19.3 Å². The van der Waals surface area contributed by atoms with Crippen LogP contribution < -0.4 is 15.2 Å². The van der Waals surface area contributed by atoms with E-state index in [4.69, 9.17) is 9.47 Å². The number of thiophene rings is 1. The Morgan fingerprint density at radius 1 is 0.956 bits per heavy atom. The van der Waals surface area contributed by atoms with E-state index in [1.165, 1.54) is 12.1 Å². The second-order valence-electron chi connectivity index (χ2n) is 11.7. The lowest BCUT2D eigenvalue weighted by Gasteiger charge is -2.51. The third-order valence-electron chi connectivity index (χ3n) is 9.14. The van der Waals surface area contributed by atoms with Gasteiger partial charge in [0.25, 0.3) is 5.91 Å². The van der Waals surface area contributed by atoms with E-state index < -0.39 is 29.6 Å². The fraction of sp³-hybridized carbons (Fsp3) is 0.303. The Bertz CT molecular complexity index is 1900. The monoisotopic (exact) mass is 627 g/mol. The predicted octanol–water partition coefficient (Wildman–Crippen LogP) is 3.98. The molecule has 230 valence electrons. The molecule has 2 aromatic heterocycles. The minimum absolute atomic E-state index is 0.0247. The molecule has 1 unspecified atom stereocenters. The summed E-state index contributed by atoms with van der Waals surface area (Å²) < 4.78 is 28.3. The maximum Gasteiger partial charge on any atom is 0.415 e. The summed E-state index contributed by atoms with van der Waals surface area (Å²) in [5.74, 6) is -1.07. The first kappa shape index (κ1) is 28.0. The molecular formula is C33H30FN5O5S. The summed E-state index contributed by atoms with van der Waals surface area (Å²) in [7, 11) is 1.98. The molecule has 45 heavy (non-hydrogen) atoms. The summed E-state index contributed by atoms with van der Waals surface area (Å²) in [6, 6.07) is 15.6. The summed E-state index contributed by atoms with van der Waals surface area (Å²) in [5.41, 5.74) is 3.87. The van der Waals surface area contributed by atoms with Crippen molar-refractivity contribution in [2.75, 3.05) is 58.0 Å². The second-order valence-corrected chi connectivity index (χ2v) is 12.6. The zero-order chi connectivity index (χ0) is 30.8. The van der Waals surface area contributed by atoms with Crippen LogP contribution in [0.1, 0.15) is 27.7 Å². The Kier molecular flexibility index (Phi) is 6.73. The van der Waals surface area contributed by atoms with Gasteiger partial charge in [-0.15, -0.1) is 11.3 Å². The molecule has 0 spiro atoms. The van der Waals surface area contributed by atoms with Crippen molar-refractivity contribution in [3.05, 3.63) is 99.0 Å². The molecule has 4 aliphatic rings. The number of amides is 2. The van der Waals surface area contributed by atoms with Crippen molar-refractivity contribution in [1.82, 2.24) is 19.4 Å². The predicted molar refractivity (Wildman–Crippen MR) is 167 cm³/mol. The summed E-state index contributed by atoms with van der Waals surface area (Å²) in [6.45, 7) is 3.08. The first-order valence-electron chi connectivity index (χ1n) is 15.0. The molecule has 2 atom stereocenters. The normalized spacial score (nSPS) is 20.8. The Labute approximate surface area is 262 Å². The standard InChI is InChI=1S/C33H30FN5O5S/c1-35-11-13-36(14-12-35)33(42)44-30-26(40)8-10-38-29(30)32(41)37-15-16-43-19-27(37)39(38)28-21-4-2-3-5-23(21)31-24(9-17-45-31)25-18-20(34)6-7-22(25)28/h2-10,17-18,27-28H,11-16,19H2,1H3/t27-,28?/m1/s1. The number of nitrogens with zero attached hydrogens (tertiary/aromatic N) is 5. The maximum absolute atomic E-state index is 14.9. The van der Waals surface area contributed by atoms with Crippen molar-refractivity contribution >= 4 is 23.3 Å². The van der Waals surface area contributed by atoms with Crippen LogP contribution in [0.25, 0.3) is 21.6 Å². The van der Waals surface area contributed by atoms with Crippen LogP contribution in [-0.4, -0.2) is 90.5 Å². The van der Waals surface area contributed by atoms with Gasteiger partial charge in [0.05, 0.1) is 19.3 Å². The summed E-state index contributed by atoms with van der Waals surface area (Å²) in [5, 5.41) is 4.02. The number of likely N-dealkylation sites (N-methyl/N-ethyl adjacent to an activating group) is 1. The Hall–Kier alpha value is -4.52. The quantitative estimate of drug-likeness (QED) is 0.332. The van der Waals surface area contributed by atoms with Crippen molar-refractivity contribution in [3.8, 4) is 27.3 Å². The zero-order valence-electron chi connectivity index (χ0n) is 24.5. The van der Waals surface area contributed by atoms with Crippen molar-refractivity contribution in [1.29, 1.82) is 0 Å². The summed E-state index contributed by atoms with van der Waals surface area (Å²) in [4.78, 5) is 47.3. The molecule has 2 amide bonds. The molecular weight excluding hydrogens is 597 g/mol. The van der Waals surface area contributed by atoms with Crippen LogP contribution in [0.4, 0.5) is 9.18 Å². The molecule has 1 aliphatic carbocycles. The van der Waals surface area contributed by atoms with E-state index in [-0.39, 0.29) is 30.4 Å². The molecule has 0 radical (unpaired) electrons. The van der Waals surface area contributed by atoms with E-state index in [1.54, 1.807) is 44.1 Å². The van der Waals surface area contributed by atoms with Crippen LogP contribution >= 0.6 is 11.3 Å². The van der Waals surface area contributed by atoms with Gasteiger partial charge in [-0.1, -0.05) is 30.3 Å². The first-order chi connectivity index (χ1) is 21.9. The number of morpholine rings is 1. The molecule has 0 saturated carbocycles. The number of hydrogen-bond acceptors (Lipinski definition) is 8. The number of pyridine rings is 1. The topological polar surface area (TPSA) is 87.6 Å². The van der Waals surface area contributed by atoms with Crippen LogP contribution in [0.15, 0.2) is 71.0 Å². The fourth-order valence-corrected chi connectivity index (χ4v) is 7.84. The highest BCUT2D eigenvalue weighted by molar-refractivity contribution is 7.14. The van der Waals surface area contributed by atoms with Crippen molar-refractivity contribution < 1.29 is 23.5 Å². The molecule has 10 nitrogen and oxygen atoms in total. The van der Waals surface area contributed by atoms with Crippen LogP contribution in [0.5, 0.6) is 5.75 Å². The molecule has 4 aromatic rings. The minimum Gasteiger partial charge on any atom is -0.403 e. The van der Waals surface area contributed by atoms with Crippen molar-refractivity contribution in [2.45, 2.75) is 12.2 Å². The highest BCUT2D eigenvalue weighted by atomic mass is 32.1. The molecule has 8 rings (SSSR count). The molecule has 5 heterocycles. The van der Waals surface area contributed by atoms with E-state index in [1.807, 2.05) is 41.7 Å². The van der Waals surface area contributed by atoms with Crippen LogP contribution in [0.2, 0.25) is 0 Å². The van der Waals surface area contributed by atoms with Gasteiger partial charge in [0.15, 0.2) is 5.69 Å². The van der Waals surface area contributed by atoms with E-state index in [2.05, 4.69) is 11.0 Å². The lowest BCUT2D eigenvalue weighted by molar-refractivity contribution is -0.0196. The largest absolute Gasteiger partial charge is 0.415 e. The SMILES string of the molecule is CN1CCN(C(=O)Oc2c3n(ccc2=O)N(C2c4ccc(F)cc4-c4ccsc4-c4ccccc42)[C@@H]2COCCN2C3=O)CC1. The second kappa shape index (κ2) is 10.8. The first-order valence-corrected chi connectivity index (χ1v) is 15.8. The molecule has 12 heteroatoms. The number of carbonyl (C=O) groups is 2. The van der Waals surface area contributed by atoms with Crippen LogP contribution in [0.3, 0.4) is 0 Å². The van der Waals surface area contributed by atoms with Gasteiger partial charge in [0.2, 0.25) is 11.2 Å². The van der Waals surface area contributed by atoms with Gasteiger partial charge in [-0.2, -0.15) is 0 Å². The van der Waals surface area contributed by atoms with E-state index in [9.17, 15) is 18.8 Å². The molecule has 3 aliphatic heterocycles.